The molecule has 3 nitrogen and oxygen atoms in total. The zero-order valence-electron chi connectivity index (χ0n) is 6.79. The predicted octanol–water partition coefficient (Wildman–Crippen LogP) is 1.99. The van der Waals surface area contributed by atoms with Crippen LogP contribution >= 0.6 is 6.72 Å². The van der Waals surface area contributed by atoms with Crippen molar-refractivity contribution < 1.29 is 13.9 Å². The Morgan fingerprint density at radius 3 is 2.62 bits per heavy atom. The SMILES string of the molecule is OP1(=S)OCC(c2ccccc2)O1. The molecule has 0 aliphatic carbocycles. The van der Waals surface area contributed by atoms with Crippen molar-refractivity contribution in [2.24, 2.45) is 0 Å². The number of hydrogen-bond acceptors (Lipinski definition) is 3. The molecule has 2 atom stereocenters. The minimum absolute atomic E-state index is 0.211. The summed E-state index contributed by atoms with van der Waals surface area (Å²) in [6, 6.07) is 9.60. The van der Waals surface area contributed by atoms with E-state index in [4.69, 9.17) is 20.9 Å². The van der Waals surface area contributed by atoms with Crippen molar-refractivity contribution in [1.82, 2.24) is 0 Å². The molecule has 13 heavy (non-hydrogen) atoms. The van der Waals surface area contributed by atoms with E-state index in [9.17, 15) is 4.89 Å². The van der Waals surface area contributed by atoms with E-state index in [-0.39, 0.29) is 6.10 Å². The molecule has 0 spiro atoms. The van der Waals surface area contributed by atoms with Gasteiger partial charge in [-0.25, -0.2) is 0 Å². The lowest BCUT2D eigenvalue weighted by molar-refractivity contribution is 0.239. The molecule has 1 aromatic rings. The van der Waals surface area contributed by atoms with Gasteiger partial charge in [-0.2, -0.15) is 0 Å². The summed E-state index contributed by atoms with van der Waals surface area (Å²) >= 11 is 4.71. The van der Waals surface area contributed by atoms with Crippen LogP contribution in [0.3, 0.4) is 0 Å². The molecule has 2 rings (SSSR count). The van der Waals surface area contributed by atoms with Crippen LogP contribution in [-0.2, 0) is 20.9 Å². The van der Waals surface area contributed by atoms with Crippen LogP contribution in [0.1, 0.15) is 11.7 Å². The molecule has 70 valence electrons. The van der Waals surface area contributed by atoms with Gasteiger partial charge in [-0.1, -0.05) is 30.3 Å². The second-order valence-electron chi connectivity index (χ2n) is 2.77. The predicted molar refractivity (Wildman–Crippen MR) is 52.7 cm³/mol. The van der Waals surface area contributed by atoms with Gasteiger partial charge in [-0.3, -0.25) is 4.52 Å². The van der Waals surface area contributed by atoms with E-state index in [1.54, 1.807) is 0 Å². The maximum atomic E-state index is 9.31. The lowest BCUT2D eigenvalue weighted by Gasteiger charge is -2.08. The standard InChI is InChI=1S/C8H9O3PS/c9-12(13)10-6-8(11-12)7-4-2-1-3-5-7/h1-5,8H,6H2,(H,9,13). The Hall–Kier alpha value is -0.250. The monoisotopic (exact) mass is 216 g/mol. The molecule has 1 aromatic carbocycles. The van der Waals surface area contributed by atoms with E-state index in [0.717, 1.165) is 5.56 Å². The van der Waals surface area contributed by atoms with Crippen molar-refractivity contribution in [2.45, 2.75) is 6.10 Å². The average molecular weight is 216 g/mol. The van der Waals surface area contributed by atoms with E-state index in [1.165, 1.54) is 0 Å². The maximum absolute atomic E-state index is 9.31. The van der Waals surface area contributed by atoms with Crippen LogP contribution in [0, 0.1) is 0 Å². The Kier molecular flexibility index (Phi) is 2.49. The maximum Gasteiger partial charge on any atom is 0.325 e. The van der Waals surface area contributed by atoms with Crippen molar-refractivity contribution in [1.29, 1.82) is 0 Å². The smallest absolute Gasteiger partial charge is 0.324 e. The molecule has 1 aliphatic rings. The lowest BCUT2D eigenvalue weighted by Crippen LogP contribution is -1.97. The molecule has 0 saturated carbocycles. The van der Waals surface area contributed by atoms with E-state index >= 15 is 0 Å². The Morgan fingerprint density at radius 2 is 2.08 bits per heavy atom. The molecule has 2 unspecified atom stereocenters. The summed E-state index contributed by atoms with van der Waals surface area (Å²) in [6.07, 6.45) is -0.211. The van der Waals surface area contributed by atoms with Crippen molar-refractivity contribution in [3.05, 3.63) is 35.9 Å². The fourth-order valence-electron chi connectivity index (χ4n) is 1.21. The zero-order valence-corrected chi connectivity index (χ0v) is 8.50. The van der Waals surface area contributed by atoms with Gasteiger partial charge < -0.3 is 9.42 Å². The molecular formula is C8H9O3PS. The Bertz CT molecular complexity index is 341. The van der Waals surface area contributed by atoms with Gasteiger partial charge in [0.15, 0.2) is 0 Å². The molecule has 0 radical (unpaired) electrons. The third kappa shape index (κ3) is 2.16. The normalized spacial score (nSPS) is 33.5. The molecule has 1 heterocycles. The van der Waals surface area contributed by atoms with Crippen LogP contribution in [0.15, 0.2) is 30.3 Å². The molecular weight excluding hydrogens is 207 g/mol. The highest BCUT2D eigenvalue weighted by Gasteiger charge is 2.31. The summed E-state index contributed by atoms with van der Waals surface area (Å²) in [4.78, 5) is 9.31. The average Bonchev–Trinajstić information content (AvgIpc) is 2.48. The van der Waals surface area contributed by atoms with E-state index < -0.39 is 6.72 Å². The fraction of sp³-hybridized carbons (Fsp3) is 0.250. The highest BCUT2D eigenvalue weighted by atomic mass is 32.5. The van der Waals surface area contributed by atoms with Gasteiger partial charge in [0.05, 0.1) is 6.61 Å². The quantitative estimate of drug-likeness (QED) is 0.728. The van der Waals surface area contributed by atoms with Crippen molar-refractivity contribution in [3.63, 3.8) is 0 Å². The van der Waals surface area contributed by atoms with Gasteiger partial charge in [0.1, 0.15) is 6.10 Å². The topological polar surface area (TPSA) is 38.7 Å². The van der Waals surface area contributed by atoms with E-state index in [1.807, 2.05) is 30.3 Å². The highest BCUT2D eigenvalue weighted by Crippen LogP contribution is 2.54. The van der Waals surface area contributed by atoms with Crippen molar-refractivity contribution >= 4 is 18.5 Å². The minimum Gasteiger partial charge on any atom is -0.324 e. The molecule has 0 amide bonds. The second-order valence-corrected chi connectivity index (χ2v) is 5.56. The summed E-state index contributed by atoms with van der Waals surface area (Å²) < 4.78 is 10.2. The number of benzene rings is 1. The molecule has 1 N–H and O–H groups in total. The molecule has 0 aromatic heterocycles. The highest BCUT2D eigenvalue weighted by molar-refractivity contribution is 8.07. The summed E-state index contributed by atoms with van der Waals surface area (Å²) in [5, 5.41) is 0. The third-order valence-corrected chi connectivity index (χ3v) is 3.39. The molecule has 0 bridgehead atoms. The summed E-state index contributed by atoms with van der Waals surface area (Å²) in [6.45, 7) is -2.59. The van der Waals surface area contributed by atoms with Gasteiger partial charge in [-0.15, -0.1) is 0 Å². The summed E-state index contributed by atoms with van der Waals surface area (Å²) in [7, 11) is 0. The van der Waals surface area contributed by atoms with Crippen LogP contribution < -0.4 is 0 Å². The van der Waals surface area contributed by atoms with Crippen LogP contribution in [-0.4, -0.2) is 11.5 Å². The van der Waals surface area contributed by atoms with E-state index in [0.29, 0.717) is 6.61 Å². The molecule has 1 aliphatic heterocycles. The van der Waals surface area contributed by atoms with E-state index in [2.05, 4.69) is 0 Å². The van der Waals surface area contributed by atoms with Crippen molar-refractivity contribution in [3.8, 4) is 0 Å². The Labute approximate surface area is 81.6 Å². The minimum atomic E-state index is -2.93. The van der Waals surface area contributed by atoms with Gasteiger partial charge >= 0.3 is 6.72 Å². The van der Waals surface area contributed by atoms with Crippen LogP contribution in [0.4, 0.5) is 0 Å². The van der Waals surface area contributed by atoms with Crippen molar-refractivity contribution in [2.75, 3.05) is 6.61 Å². The Balaban J connectivity index is 2.18. The van der Waals surface area contributed by atoms with Crippen LogP contribution in [0.5, 0.6) is 0 Å². The first-order valence-corrected chi connectivity index (χ1v) is 6.47. The van der Waals surface area contributed by atoms with Gasteiger partial charge in [0.2, 0.25) is 0 Å². The molecule has 1 fully saturated rings. The fourth-order valence-corrected chi connectivity index (χ4v) is 2.59. The number of hydrogen-bond donors (Lipinski definition) is 1. The molecule has 1 saturated heterocycles. The third-order valence-electron chi connectivity index (χ3n) is 1.82. The number of rotatable bonds is 1. The largest absolute Gasteiger partial charge is 0.325 e. The van der Waals surface area contributed by atoms with Crippen LogP contribution in [0.25, 0.3) is 0 Å². The first-order valence-electron chi connectivity index (χ1n) is 3.88. The van der Waals surface area contributed by atoms with Gasteiger partial charge in [0.25, 0.3) is 0 Å². The lowest BCUT2D eigenvalue weighted by atomic mass is 10.1. The molecule has 5 heteroatoms. The summed E-state index contributed by atoms with van der Waals surface area (Å²) in [5.41, 5.74) is 0.989. The second kappa shape index (κ2) is 3.48. The Morgan fingerprint density at radius 1 is 1.38 bits per heavy atom. The first kappa shape index (κ1) is 9.31. The van der Waals surface area contributed by atoms with Crippen LogP contribution in [0.2, 0.25) is 0 Å². The van der Waals surface area contributed by atoms with Gasteiger partial charge in [-0.05, 0) is 17.4 Å². The summed E-state index contributed by atoms with van der Waals surface area (Å²) in [5.74, 6) is 0. The van der Waals surface area contributed by atoms with Gasteiger partial charge in [0, 0.05) is 0 Å². The first-order chi connectivity index (χ1) is 6.17. The zero-order chi connectivity index (χ0) is 9.31.